The summed E-state index contributed by atoms with van der Waals surface area (Å²) in [6.45, 7) is 0. The molecule has 0 saturated heterocycles. The summed E-state index contributed by atoms with van der Waals surface area (Å²) in [6, 6.07) is 48.3. The van der Waals surface area contributed by atoms with Crippen molar-refractivity contribution >= 4 is 53.9 Å². The first kappa shape index (κ1) is 20.9. The van der Waals surface area contributed by atoms with Gasteiger partial charge in [-0.1, -0.05) is 115 Å². The van der Waals surface area contributed by atoms with E-state index in [0.29, 0.717) is 0 Å². The molecule has 39 heavy (non-hydrogen) atoms. The number of hydrogen-bond donors (Lipinski definition) is 0. The first-order valence-electron chi connectivity index (χ1n) is 13.4. The van der Waals surface area contributed by atoms with Gasteiger partial charge in [0.25, 0.3) is 0 Å². The number of hydrogen-bond acceptors (Lipinski definition) is 1. The van der Waals surface area contributed by atoms with Crippen LogP contribution in [-0.4, -0.2) is 0 Å². The van der Waals surface area contributed by atoms with Crippen LogP contribution in [0.4, 0.5) is 0 Å². The monoisotopic (exact) mass is 494 g/mol. The summed E-state index contributed by atoms with van der Waals surface area (Å²) in [7, 11) is 0. The van der Waals surface area contributed by atoms with Gasteiger partial charge in [0.05, 0.1) is 0 Å². The third-order valence-corrected chi connectivity index (χ3v) is 8.39. The Morgan fingerprint density at radius 3 is 1.82 bits per heavy atom. The zero-order chi connectivity index (χ0) is 25.5. The largest absolute Gasteiger partial charge is 0.455 e. The van der Waals surface area contributed by atoms with Crippen LogP contribution >= 0.6 is 0 Å². The van der Waals surface area contributed by atoms with E-state index in [2.05, 4.69) is 133 Å². The zero-order valence-electron chi connectivity index (χ0n) is 21.1. The molecule has 0 aromatic heterocycles. The van der Waals surface area contributed by atoms with Gasteiger partial charge < -0.3 is 4.74 Å². The van der Waals surface area contributed by atoms with Gasteiger partial charge in [-0.3, -0.25) is 0 Å². The molecule has 8 aromatic rings. The number of ether oxygens (including phenoxy) is 1. The first-order chi connectivity index (χ1) is 19.3. The SMILES string of the molecule is c1ccc2c3c(ccc2c1)-c1cccc2ccc(-c4c5ccccc5cc5ccc6ccccc6c45)c(c12)O3. The van der Waals surface area contributed by atoms with Crippen LogP contribution < -0.4 is 4.74 Å². The summed E-state index contributed by atoms with van der Waals surface area (Å²) in [5.74, 6) is 1.88. The lowest BCUT2D eigenvalue weighted by molar-refractivity contribution is 0.494. The van der Waals surface area contributed by atoms with Crippen molar-refractivity contribution < 1.29 is 4.74 Å². The second kappa shape index (κ2) is 7.69. The smallest absolute Gasteiger partial charge is 0.143 e. The Balaban J connectivity index is 1.49. The maximum absolute atomic E-state index is 7.06. The average Bonchev–Trinajstić information content (AvgIpc) is 3.00. The van der Waals surface area contributed by atoms with E-state index in [1.807, 2.05) is 0 Å². The lowest BCUT2D eigenvalue weighted by Crippen LogP contribution is -2.00. The molecule has 0 amide bonds. The number of fused-ring (bicyclic) bond motifs is 8. The molecule has 0 saturated carbocycles. The van der Waals surface area contributed by atoms with E-state index in [0.717, 1.165) is 28.0 Å². The molecule has 0 unspecified atom stereocenters. The molecule has 0 bridgehead atoms. The van der Waals surface area contributed by atoms with Gasteiger partial charge in [0.2, 0.25) is 0 Å². The summed E-state index contributed by atoms with van der Waals surface area (Å²) in [4.78, 5) is 0. The fraction of sp³-hybridized carbons (Fsp3) is 0. The maximum atomic E-state index is 7.06. The maximum Gasteiger partial charge on any atom is 0.143 e. The van der Waals surface area contributed by atoms with Crippen LogP contribution in [0.2, 0.25) is 0 Å². The Bertz CT molecular complexity index is 2310. The van der Waals surface area contributed by atoms with Crippen LogP contribution in [-0.2, 0) is 0 Å². The highest BCUT2D eigenvalue weighted by Gasteiger charge is 2.26. The van der Waals surface area contributed by atoms with Crippen molar-refractivity contribution in [3.05, 3.63) is 133 Å². The summed E-state index contributed by atoms with van der Waals surface area (Å²) in [5.41, 5.74) is 4.74. The van der Waals surface area contributed by atoms with E-state index in [1.165, 1.54) is 59.6 Å². The van der Waals surface area contributed by atoms with Crippen molar-refractivity contribution in [1.82, 2.24) is 0 Å². The highest BCUT2D eigenvalue weighted by atomic mass is 16.5. The molecule has 1 nitrogen and oxygen atoms in total. The minimum absolute atomic E-state index is 0.940. The van der Waals surface area contributed by atoms with Crippen LogP contribution in [0, 0.1) is 0 Å². The Hall–Kier alpha value is -5.14. The number of rotatable bonds is 1. The lowest BCUT2D eigenvalue weighted by Gasteiger charge is -2.26. The van der Waals surface area contributed by atoms with E-state index < -0.39 is 0 Å². The van der Waals surface area contributed by atoms with Gasteiger partial charge >= 0.3 is 0 Å². The molecule has 9 rings (SSSR count). The highest BCUT2D eigenvalue weighted by molar-refractivity contribution is 6.24. The lowest BCUT2D eigenvalue weighted by atomic mass is 9.85. The first-order valence-corrected chi connectivity index (χ1v) is 13.4. The zero-order valence-corrected chi connectivity index (χ0v) is 21.1. The van der Waals surface area contributed by atoms with Crippen LogP contribution in [0.5, 0.6) is 11.5 Å². The molecule has 0 fully saturated rings. The Labute approximate surface area is 225 Å². The summed E-state index contributed by atoms with van der Waals surface area (Å²) in [6.07, 6.45) is 0. The minimum Gasteiger partial charge on any atom is -0.455 e. The van der Waals surface area contributed by atoms with Crippen molar-refractivity contribution in [2.45, 2.75) is 0 Å². The van der Waals surface area contributed by atoms with Crippen molar-refractivity contribution in [3.8, 4) is 33.8 Å². The summed E-state index contributed by atoms with van der Waals surface area (Å²) < 4.78 is 7.06. The van der Waals surface area contributed by atoms with E-state index >= 15 is 0 Å². The Kier molecular flexibility index (Phi) is 4.11. The average molecular weight is 495 g/mol. The topological polar surface area (TPSA) is 9.23 Å². The van der Waals surface area contributed by atoms with E-state index in [4.69, 9.17) is 4.74 Å². The van der Waals surface area contributed by atoms with E-state index in [1.54, 1.807) is 0 Å². The molecule has 0 spiro atoms. The molecule has 8 aromatic carbocycles. The van der Waals surface area contributed by atoms with Gasteiger partial charge in [0.15, 0.2) is 0 Å². The van der Waals surface area contributed by atoms with Crippen molar-refractivity contribution in [1.29, 1.82) is 0 Å². The van der Waals surface area contributed by atoms with E-state index in [9.17, 15) is 0 Å². The Morgan fingerprint density at radius 2 is 0.949 bits per heavy atom. The van der Waals surface area contributed by atoms with Gasteiger partial charge in [0, 0.05) is 27.5 Å². The van der Waals surface area contributed by atoms with Gasteiger partial charge in [-0.05, 0) is 66.9 Å². The normalized spacial score (nSPS) is 12.3. The van der Waals surface area contributed by atoms with Crippen molar-refractivity contribution in [2.75, 3.05) is 0 Å². The molecule has 1 heteroatoms. The molecular formula is C38H22O. The predicted octanol–water partition coefficient (Wildman–Crippen LogP) is 10.9. The van der Waals surface area contributed by atoms with Crippen LogP contribution in [0.25, 0.3) is 76.1 Å². The standard InChI is InChI=1S/C38H22O/c1-4-12-28-23(8-1)16-17-27-22-26-10-3-5-13-29(26)36(34(27)28)33-21-19-25-11-7-15-31-32-20-18-24-9-2-6-14-30(24)37(32)39-38(33)35(25)31/h1-22H. The van der Waals surface area contributed by atoms with Gasteiger partial charge in [-0.15, -0.1) is 0 Å². The number of benzene rings is 8. The molecule has 1 heterocycles. The molecule has 0 atom stereocenters. The van der Waals surface area contributed by atoms with Crippen LogP contribution in [0.1, 0.15) is 0 Å². The van der Waals surface area contributed by atoms with Gasteiger partial charge in [-0.25, -0.2) is 0 Å². The van der Waals surface area contributed by atoms with Crippen LogP contribution in [0.15, 0.2) is 133 Å². The molecule has 0 radical (unpaired) electrons. The van der Waals surface area contributed by atoms with Crippen molar-refractivity contribution in [3.63, 3.8) is 0 Å². The fourth-order valence-corrected chi connectivity index (χ4v) is 6.66. The quantitative estimate of drug-likeness (QED) is 0.163. The van der Waals surface area contributed by atoms with Gasteiger partial charge in [-0.2, -0.15) is 0 Å². The fourth-order valence-electron chi connectivity index (χ4n) is 6.66. The van der Waals surface area contributed by atoms with E-state index in [-0.39, 0.29) is 0 Å². The van der Waals surface area contributed by atoms with Gasteiger partial charge in [0.1, 0.15) is 11.5 Å². The minimum atomic E-state index is 0.940. The summed E-state index contributed by atoms with van der Waals surface area (Å²) in [5, 5.41) is 12.2. The second-order valence-corrected chi connectivity index (χ2v) is 10.5. The third-order valence-electron chi connectivity index (χ3n) is 8.39. The molecule has 0 aliphatic carbocycles. The molecule has 1 aliphatic heterocycles. The second-order valence-electron chi connectivity index (χ2n) is 10.5. The van der Waals surface area contributed by atoms with Crippen molar-refractivity contribution in [2.24, 2.45) is 0 Å². The molecule has 180 valence electrons. The summed E-state index contributed by atoms with van der Waals surface area (Å²) >= 11 is 0. The molecule has 1 aliphatic rings. The molecular weight excluding hydrogens is 472 g/mol. The Morgan fingerprint density at radius 1 is 0.333 bits per heavy atom. The molecule has 0 N–H and O–H groups in total. The predicted molar refractivity (Wildman–Crippen MR) is 165 cm³/mol. The van der Waals surface area contributed by atoms with Crippen LogP contribution in [0.3, 0.4) is 0 Å². The third kappa shape index (κ3) is 2.85. The highest BCUT2D eigenvalue weighted by Crippen LogP contribution is 2.54.